The van der Waals surface area contributed by atoms with Crippen molar-refractivity contribution in [3.8, 4) is 5.69 Å². The summed E-state index contributed by atoms with van der Waals surface area (Å²) in [4.78, 5) is 17.1. The molecule has 2 atom stereocenters. The third-order valence-electron chi connectivity index (χ3n) is 5.25. The number of piperidine rings is 1. The third kappa shape index (κ3) is 2.99. The number of aromatic nitrogens is 2. The van der Waals surface area contributed by atoms with Gasteiger partial charge in [-0.1, -0.05) is 15.9 Å². The minimum Gasteiger partial charge on any atom is -0.333 e. The first-order valence-corrected chi connectivity index (χ1v) is 10.6. The number of benzene rings is 1. The van der Waals surface area contributed by atoms with Gasteiger partial charge < -0.3 is 4.90 Å². The molecule has 2 unspecified atom stereocenters. The molecule has 0 saturated carbocycles. The van der Waals surface area contributed by atoms with Crippen LogP contribution in [-0.2, 0) is 0 Å². The van der Waals surface area contributed by atoms with Crippen LogP contribution in [0.2, 0.25) is 0 Å². The van der Waals surface area contributed by atoms with Crippen molar-refractivity contribution >= 4 is 43.4 Å². The van der Waals surface area contributed by atoms with E-state index in [0.29, 0.717) is 12.1 Å². The van der Waals surface area contributed by atoms with Gasteiger partial charge in [-0.05, 0) is 70.4 Å². The fraction of sp³-hybridized carbons (Fsp3) is 0.400. The smallest absolute Gasteiger partial charge is 0.264 e. The third-order valence-corrected chi connectivity index (χ3v) is 6.88. The van der Waals surface area contributed by atoms with E-state index in [1.54, 1.807) is 11.3 Å². The van der Waals surface area contributed by atoms with Crippen molar-refractivity contribution < 1.29 is 4.79 Å². The molecule has 1 aliphatic heterocycles. The normalized spacial score (nSPS) is 20.7. The lowest BCUT2D eigenvalue weighted by Crippen LogP contribution is -2.47. The minimum atomic E-state index is 0.160. The molecule has 0 N–H and O–H groups in total. The molecule has 26 heavy (non-hydrogen) atoms. The van der Waals surface area contributed by atoms with Gasteiger partial charge in [-0.3, -0.25) is 4.79 Å². The van der Waals surface area contributed by atoms with Crippen LogP contribution in [0.5, 0.6) is 0 Å². The molecule has 136 valence electrons. The van der Waals surface area contributed by atoms with Crippen LogP contribution >= 0.6 is 27.3 Å². The first kappa shape index (κ1) is 17.7. The van der Waals surface area contributed by atoms with E-state index in [4.69, 9.17) is 0 Å². The van der Waals surface area contributed by atoms with Gasteiger partial charge in [0.15, 0.2) is 0 Å². The fourth-order valence-corrected chi connectivity index (χ4v) is 5.25. The van der Waals surface area contributed by atoms with Gasteiger partial charge in [-0.2, -0.15) is 5.10 Å². The summed E-state index contributed by atoms with van der Waals surface area (Å²) in [5.74, 6) is 0.160. The van der Waals surface area contributed by atoms with E-state index in [9.17, 15) is 4.79 Å². The van der Waals surface area contributed by atoms with Gasteiger partial charge in [-0.25, -0.2) is 4.68 Å². The van der Waals surface area contributed by atoms with E-state index in [1.165, 1.54) is 6.42 Å². The summed E-state index contributed by atoms with van der Waals surface area (Å²) in [6.45, 7) is 6.33. The summed E-state index contributed by atoms with van der Waals surface area (Å²) in [6.07, 6.45) is 3.38. The van der Waals surface area contributed by atoms with Gasteiger partial charge >= 0.3 is 0 Å². The summed E-state index contributed by atoms with van der Waals surface area (Å²) >= 11 is 5.02. The molecule has 0 spiro atoms. The van der Waals surface area contributed by atoms with Crippen molar-refractivity contribution in [3.63, 3.8) is 0 Å². The predicted molar refractivity (Wildman–Crippen MR) is 110 cm³/mol. The van der Waals surface area contributed by atoms with Crippen molar-refractivity contribution in [1.82, 2.24) is 14.7 Å². The summed E-state index contributed by atoms with van der Waals surface area (Å²) in [5.41, 5.74) is 1.96. The Morgan fingerprint density at radius 3 is 2.50 bits per heavy atom. The maximum Gasteiger partial charge on any atom is 0.264 e. The second-order valence-corrected chi connectivity index (χ2v) is 9.09. The fourth-order valence-electron chi connectivity index (χ4n) is 3.86. The molecule has 3 heterocycles. The first-order chi connectivity index (χ1) is 12.5. The molecule has 4 rings (SSSR count). The van der Waals surface area contributed by atoms with E-state index in [1.807, 2.05) is 41.9 Å². The Kier molecular flexibility index (Phi) is 4.65. The Bertz CT molecular complexity index is 950. The second kappa shape index (κ2) is 6.82. The van der Waals surface area contributed by atoms with Crippen LogP contribution in [0.1, 0.15) is 48.5 Å². The van der Waals surface area contributed by atoms with Crippen molar-refractivity contribution in [1.29, 1.82) is 0 Å². The SMILES string of the molecule is Cc1nn(-c2ccc(Br)cc2)c2sc(C(=O)N3C(C)CCCC3C)cc12. The second-order valence-electron chi connectivity index (χ2n) is 7.14. The highest BCUT2D eigenvalue weighted by atomic mass is 79.9. The lowest BCUT2D eigenvalue weighted by atomic mass is 9.97. The van der Waals surface area contributed by atoms with E-state index in [-0.39, 0.29) is 5.91 Å². The number of hydrogen-bond acceptors (Lipinski definition) is 3. The van der Waals surface area contributed by atoms with Gasteiger partial charge in [-0.15, -0.1) is 11.3 Å². The topological polar surface area (TPSA) is 38.1 Å². The standard InChI is InChI=1S/C20H22BrN3OS/c1-12-5-4-6-13(2)23(12)19(25)18-11-17-14(3)22-24(20(17)26-18)16-9-7-15(21)8-10-16/h7-13H,4-6H2,1-3H3. The lowest BCUT2D eigenvalue weighted by Gasteiger charge is -2.38. The molecule has 1 amide bonds. The molecule has 2 aromatic heterocycles. The maximum absolute atomic E-state index is 13.2. The van der Waals surface area contributed by atoms with E-state index >= 15 is 0 Å². The number of nitrogens with zero attached hydrogens (tertiary/aromatic N) is 3. The average Bonchev–Trinajstić information content (AvgIpc) is 3.16. The Labute approximate surface area is 165 Å². The Balaban J connectivity index is 1.75. The molecule has 4 nitrogen and oxygen atoms in total. The summed E-state index contributed by atoms with van der Waals surface area (Å²) in [6, 6.07) is 10.7. The highest BCUT2D eigenvalue weighted by molar-refractivity contribution is 9.10. The number of thiophene rings is 1. The zero-order valence-corrected chi connectivity index (χ0v) is 17.6. The van der Waals surface area contributed by atoms with Crippen LogP contribution in [0, 0.1) is 6.92 Å². The Hall–Kier alpha value is -1.66. The molecule has 1 aromatic carbocycles. The van der Waals surface area contributed by atoms with Crippen molar-refractivity contribution in [2.24, 2.45) is 0 Å². The molecule has 3 aromatic rings. The van der Waals surface area contributed by atoms with Crippen molar-refractivity contribution in [2.75, 3.05) is 0 Å². The zero-order valence-electron chi connectivity index (χ0n) is 15.2. The van der Waals surface area contributed by atoms with Crippen molar-refractivity contribution in [3.05, 3.63) is 45.4 Å². The van der Waals surface area contributed by atoms with Crippen LogP contribution in [0.4, 0.5) is 0 Å². The largest absolute Gasteiger partial charge is 0.333 e. The molecule has 1 aliphatic rings. The average molecular weight is 432 g/mol. The van der Waals surface area contributed by atoms with Crippen molar-refractivity contribution in [2.45, 2.75) is 52.1 Å². The number of hydrogen-bond donors (Lipinski definition) is 0. The summed E-state index contributed by atoms with van der Waals surface area (Å²) in [7, 11) is 0. The Morgan fingerprint density at radius 2 is 1.85 bits per heavy atom. The number of aryl methyl sites for hydroxylation is 1. The van der Waals surface area contributed by atoms with Crippen LogP contribution in [0.15, 0.2) is 34.8 Å². The van der Waals surface area contributed by atoms with Gasteiger partial charge in [0.25, 0.3) is 5.91 Å². The maximum atomic E-state index is 13.2. The molecule has 0 bridgehead atoms. The van der Waals surface area contributed by atoms with Gasteiger partial charge in [0.2, 0.25) is 0 Å². The Morgan fingerprint density at radius 1 is 1.19 bits per heavy atom. The molecule has 0 aliphatic carbocycles. The molecule has 6 heteroatoms. The van der Waals surface area contributed by atoms with Crippen LogP contribution < -0.4 is 0 Å². The molecule has 1 saturated heterocycles. The minimum absolute atomic E-state index is 0.160. The van der Waals surface area contributed by atoms with Gasteiger partial charge in [0.05, 0.1) is 16.3 Å². The number of rotatable bonds is 2. The summed E-state index contributed by atoms with van der Waals surface area (Å²) < 4.78 is 2.98. The lowest BCUT2D eigenvalue weighted by molar-refractivity contribution is 0.0516. The molecular weight excluding hydrogens is 410 g/mol. The number of amides is 1. The van der Waals surface area contributed by atoms with Crippen LogP contribution in [0.3, 0.4) is 0 Å². The number of carbonyl (C=O) groups is 1. The van der Waals surface area contributed by atoms with Crippen LogP contribution in [0.25, 0.3) is 15.9 Å². The molecule has 1 fully saturated rings. The van der Waals surface area contributed by atoms with Crippen LogP contribution in [-0.4, -0.2) is 32.7 Å². The first-order valence-electron chi connectivity index (χ1n) is 9.03. The predicted octanol–water partition coefficient (Wildman–Crippen LogP) is 5.56. The molecular formula is C20H22BrN3OS. The van der Waals surface area contributed by atoms with Gasteiger partial charge in [0, 0.05) is 21.9 Å². The molecule has 0 radical (unpaired) electrons. The summed E-state index contributed by atoms with van der Waals surface area (Å²) in [5, 5.41) is 5.75. The van der Waals surface area contributed by atoms with E-state index in [0.717, 1.165) is 43.8 Å². The number of carbonyl (C=O) groups excluding carboxylic acids is 1. The number of likely N-dealkylation sites (tertiary alicyclic amines) is 1. The zero-order chi connectivity index (χ0) is 18.4. The number of fused-ring (bicyclic) bond motifs is 1. The number of halogens is 1. The quantitative estimate of drug-likeness (QED) is 0.532. The highest BCUT2D eigenvalue weighted by Crippen LogP contribution is 2.33. The van der Waals surface area contributed by atoms with Gasteiger partial charge in [0.1, 0.15) is 4.83 Å². The highest BCUT2D eigenvalue weighted by Gasteiger charge is 2.31. The van der Waals surface area contributed by atoms with E-state index < -0.39 is 0 Å². The monoisotopic (exact) mass is 431 g/mol. The van der Waals surface area contributed by atoms with E-state index in [2.05, 4.69) is 39.8 Å².